The lowest BCUT2D eigenvalue weighted by Crippen LogP contribution is -2.31. The molecule has 0 bridgehead atoms. The molecule has 2 aliphatic rings. The summed E-state index contributed by atoms with van der Waals surface area (Å²) in [5.74, 6) is 2.13. The highest BCUT2D eigenvalue weighted by molar-refractivity contribution is 8.00. The van der Waals surface area contributed by atoms with Gasteiger partial charge in [-0.25, -0.2) is 0 Å². The third-order valence-electron chi connectivity index (χ3n) is 4.30. The lowest BCUT2D eigenvalue weighted by molar-refractivity contribution is 0.568. The van der Waals surface area contributed by atoms with Gasteiger partial charge in [0.2, 0.25) is 17.8 Å². The zero-order valence-corrected chi connectivity index (χ0v) is 13.7. The van der Waals surface area contributed by atoms with Gasteiger partial charge in [0.25, 0.3) is 0 Å². The Hall–Kier alpha value is -1.24. The first kappa shape index (κ1) is 14.7. The molecule has 0 amide bonds. The van der Waals surface area contributed by atoms with E-state index in [1.54, 1.807) is 0 Å². The summed E-state index contributed by atoms with van der Waals surface area (Å²) in [4.78, 5) is 15.8. The lowest BCUT2D eigenvalue weighted by Gasteiger charge is -2.27. The first-order chi connectivity index (χ1) is 10.2. The summed E-state index contributed by atoms with van der Waals surface area (Å²) in [7, 11) is 1.85. The number of thioether (sulfide) groups is 1. The normalized spacial score (nSPS) is 20.2. The summed E-state index contributed by atoms with van der Waals surface area (Å²) in [5, 5.41) is 6.44. The van der Waals surface area contributed by atoms with Crippen molar-refractivity contribution >= 4 is 29.6 Å². The van der Waals surface area contributed by atoms with Crippen LogP contribution in [0.4, 0.5) is 17.8 Å². The van der Waals surface area contributed by atoms with Gasteiger partial charge in [0.15, 0.2) is 0 Å². The average molecular weight is 308 g/mol. The maximum atomic E-state index is 4.61. The minimum absolute atomic E-state index is 0.401. The molecule has 1 aliphatic heterocycles. The first-order valence-electron chi connectivity index (χ1n) is 7.72. The molecule has 2 N–H and O–H groups in total. The molecule has 21 heavy (non-hydrogen) atoms. The van der Waals surface area contributed by atoms with Gasteiger partial charge in [-0.05, 0) is 38.4 Å². The number of rotatable bonds is 6. The van der Waals surface area contributed by atoms with Crippen LogP contribution in [-0.4, -0.2) is 52.6 Å². The van der Waals surface area contributed by atoms with E-state index in [0.717, 1.165) is 25.6 Å². The van der Waals surface area contributed by atoms with Gasteiger partial charge in [-0.3, -0.25) is 0 Å². The van der Waals surface area contributed by atoms with Gasteiger partial charge in [0, 0.05) is 31.4 Å². The van der Waals surface area contributed by atoms with Crippen LogP contribution >= 0.6 is 11.8 Å². The van der Waals surface area contributed by atoms with Crippen molar-refractivity contribution in [1.82, 2.24) is 15.0 Å². The van der Waals surface area contributed by atoms with Crippen LogP contribution in [0.25, 0.3) is 0 Å². The molecule has 116 valence electrons. The van der Waals surface area contributed by atoms with Gasteiger partial charge in [-0.15, -0.1) is 0 Å². The summed E-state index contributed by atoms with van der Waals surface area (Å²) < 4.78 is 0.401. The average Bonchev–Trinajstić information content (AvgIpc) is 3.34. The molecule has 7 heteroatoms. The smallest absolute Gasteiger partial charge is 0.231 e. The van der Waals surface area contributed by atoms with E-state index >= 15 is 0 Å². The zero-order chi connectivity index (χ0) is 14.7. The van der Waals surface area contributed by atoms with Crippen LogP contribution in [0.1, 0.15) is 32.1 Å². The van der Waals surface area contributed by atoms with Crippen molar-refractivity contribution in [3.63, 3.8) is 0 Å². The topological polar surface area (TPSA) is 66.0 Å². The number of anilines is 3. The molecule has 2 heterocycles. The van der Waals surface area contributed by atoms with Gasteiger partial charge in [0.05, 0.1) is 0 Å². The Morgan fingerprint density at radius 1 is 1.10 bits per heavy atom. The van der Waals surface area contributed by atoms with E-state index in [9.17, 15) is 0 Å². The van der Waals surface area contributed by atoms with Crippen molar-refractivity contribution in [2.24, 2.45) is 0 Å². The largest absolute Gasteiger partial charge is 0.357 e. The molecule has 0 spiro atoms. The Balaban J connectivity index is 1.73. The molecule has 0 unspecified atom stereocenters. The first-order valence-corrected chi connectivity index (χ1v) is 8.95. The van der Waals surface area contributed by atoms with Crippen molar-refractivity contribution in [3.8, 4) is 0 Å². The molecule has 1 saturated carbocycles. The molecular formula is C14H24N6S. The third kappa shape index (κ3) is 3.51. The molecule has 6 nitrogen and oxygen atoms in total. The predicted molar refractivity (Wildman–Crippen MR) is 89.4 cm³/mol. The van der Waals surface area contributed by atoms with E-state index in [1.807, 2.05) is 18.8 Å². The van der Waals surface area contributed by atoms with Crippen LogP contribution in [0.3, 0.4) is 0 Å². The molecule has 1 aliphatic carbocycles. The molecule has 2 fully saturated rings. The quantitative estimate of drug-likeness (QED) is 0.835. The number of nitrogens with zero attached hydrogens (tertiary/aromatic N) is 4. The fourth-order valence-electron chi connectivity index (χ4n) is 2.62. The Kier molecular flexibility index (Phi) is 4.37. The van der Waals surface area contributed by atoms with Crippen LogP contribution in [0.2, 0.25) is 0 Å². The predicted octanol–water partition coefficient (Wildman–Crippen LogP) is 2.21. The molecular weight excluding hydrogens is 284 g/mol. The van der Waals surface area contributed by atoms with E-state index in [-0.39, 0.29) is 0 Å². The van der Waals surface area contributed by atoms with Crippen molar-refractivity contribution < 1.29 is 0 Å². The van der Waals surface area contributed by atoms with Crippen LogP contribution < -0.4 is 15.5 Å². The minimum Gasteiger partial charge on any atom is -0.357 e. The number of nitrogens with one attached hydrogen (secondary N) is 2. The Bertz CT molecular complexity index is 484. The molecule has 0 radical (unpaired) electrons. The Labute approximate surface area is 130 Å². The molecule has 3 rings (SSSR count). The summed E-state index contributed by atoms with van der Waals surface area (Å²) in [6, 6.07) is 0. The minimum atomic E-state index is 0.401. The lowest BCUT2D eigenvalue weighted by atomic mass is 10.1. The monoisotopic (exact) mass is 308 g/mol. The van der Waals surface area contributed by atoms with Crippen LogP contribution in [-0.2, 0) is 0 Å². The van der Waals surface area contributed by atoms with Gasteiger partial charge < -0.3 is 15.5 Å². The molecule has 1 aromatic heterocycles. The molecule has 0 aromatic carbocycles. The molecule has 0 atom stereocenters. The summed E-state index contributed by atoms with van der Waals surface area (Å²) >= 11 is 1.94. The van der Waals surface area contributed by atoms with Gasteiger partial charge in [-0.2, -0.15) is 26.7 Å². The standard InChI is InChI=1S/C14H24N6S/c1-15-11-17-12(16-10-14(21-2)6-7-14)19-13(18-11)20-8-4-3-5-9-20/h3-10H2,1-2H3,(H2,15,16,17,18,19). The van der Waals surface area contributed by atoms with Crippen LogP contribution in [0.5, 0.6) is 0 Å². The van der Waals surface area contributed by atoms with Gasteiger partial charge >= 0.3 is 0 Å². The fraction of sp³-hybridized carbons (Fsp3) is 0.786. The molecule has 1 aromatic rings. The highest BCUT2D eigenvalue weighted by atomic mass is 32.2. The molecule has 1 saturated heterocycles. The Morgan fingerprint density at radius 2 is 1.81 bits per heavy atom. The van der Waals surface area contributed by atoms with Crippen molar-refractivity contribution in [3.05, 3.63) is 0 Å². The van der Waals surface area contributed by atoms with Crippen molar-refractivity contribution in [2.75, 3.05) is 48.5 Å². The number of hydrogen-bond acceptors (Lipinski definition) is 7. The second kappa shape index (κ2) is 6.25. The summed E-state index contributed by atoms with van der Waals surface area (Å²) in [5.41, 5.74) is 0. The SMILES string of the molecule is CNc1nc(NCC2(SC)CC2)nc(N2CCCCC2)n1. The highest BCUT2D eigenvalue weighted by Gasteiger charge is 2.41. The van der Waals surface area contributed by atoms with Crippen LogP contribution in [0.15, 0.2) is 0 Å². The fourth-order valence-corrected chi connectivity index (χ4v) is 3.35. The maximum Gasteiger partial charge on any atom is 0.231 e. The zero-order valence-electron chi connectivity index (χ0n) is 12.9. The second-order valence-electron chi connectivity index (χ2n) is 5.82. The van der Waals surface area contributed by atoms with E-state index in [2.05, 4.69) is 36.7 Å². The number of piperidine rings is 1. The Morgan fingerprint density at radius 3 is 2.43 bits per heavy atom. The number of hydrogen-bond donors (Lipinski definition) is 2. The maximum absolute atomic E-state index is 4.61. The summed E-state index contributed by atoms with van der Waals surface area (Å²) in [6.45, 7) is 3.02. The second-order valence-corrected chi connectivity index (χ2v) is 7.10. The third-order valence-corrected chi connectivity index (χ3v) is 5.71. The van der Waals surface area contributed by atoms with Crippen molar-refractivity contribution in [1.29, 1.82) is 0 Å². The van der Waals surface area contributed by atoms with Crippen molar-refractivity contribution in [2.45, 2.75) is 36.9 Å². The van der Waals surface area contributed by atoms with E-state index in [0.29, 0.717) is 16.6 Å². The van der Waals surface area contributed by atoms with Crippen LogP contribution in [0, 0.1) is 0 Å². The van der Waals surface area contributed by atoms with Gasteiger partial charge in [-0.1, -0.05) is 0 Å². The highest BCUT2D eigenvalue weighted by Crippen LogP contribution is 2.46. The van der Waals surface area contributed by atoms with E-state index in [4.69, 9.17) is 0 Å². The summed E-state index contributed by atoms with van der Waals surface area (Å²) in [6.07, 6.45) is 8.49. The van der Waals surface area contributed by atoms with E-state index < -0.39 is 0 Å². The number of aromatic nitrogens is 3. The van der Waals surface area contributed by atoms with E-state index in [1.165, 1.54) is 32.1 Å². The van der Waals surface area contributed by atoms with Gasteiger partial charge in [0.1, 0.15) is 0 Å².